The third-order valence-corrected chi connectivity index (χ3v) is 7.04. The molecule has 0 spiro atoms. The van der Waals surface area contributed by atoms with Crippen molar-refractivity contribution in [1.29, 1.82) is 0 Å². The Morgan fingerprint density at radius 1 is 1.04 bits per heavy atom. The Bertz CT molecular complexity index is 976. The number of carbonyl (C=O) groups excluding carboxylic acids is 1. The number of amides is 2. The highest BCUT2D eigenvalue weighted by Crippen LogP contribution is 2.38. The van der Waals surface area contributed by atoms with E-state index < -0.39 is 15.9 Å². The molecule has 2 aliphatic rings. The highest BCUT2D eigenvalue weighted by atomic mass is 32.2. The molecular weight excluding hydrogens is 370 g/mol. The van der Waals surface area contributed by atoms with Crippen LogP contribution in [0.15, 0.2) is 40.8 Å². The molecule has 0 radical (unpaired) electrons. The van der Waals surface area contributed by atoms with Crippen molar-refractivity contribution in [3.05, 3.63) is 64.2 Å². The zero-order valence-electron chi connectivity index (χ0n) is 16.1. The molecule has 2 aromatic rings. The van der Waals surface area contributed by atoms with Gasteiger partial charge in [-0.3, -0.25) is 0 Å². The van der Waals surface area contributed by atoms with Crippen LogP contribution in [0, 0.1) is 0 Å². The third kappa shape index (κ3) is 4.28. The number of rotatable bonds is 5. The SMILES string of the molecule is NS(=O)(CCCc1ccccc1)=NC(=O)Nc1c2c(cc3c1CCC3)CCC2. The van der Waals surface area contributed by atoms with Crippen LogP contribution in [0.5, 0.6) is 0 Å². The number of anilines is 1. The number of urea groups is 1. The molecule has 0 aromatic heterocycles. The van der Waals surface area contributed by atoms with Crippen LogP contribution in [-0.2, 0) is 42.0 Å². The number of hydrogen-bond donors (Lipinski definition) is 2. The van der Waals surface area contributed by atoms with E-state index in [-0.39, 0.29) is 5.75 Å². The van der Waals surface area contributed by atoms with Crippen LogP contribution < -0.4 is 10.5 Å². The maximum atomic E-state index is 12.6. The third-order valence-electron chi connectivity index (χ3n) is 5.69. The van der Waals surface area contributed by atoms with Gasteiger partial charge >= 0.3 is 6.03 Å². The maximum Gasteiger partial charge on any atom is 0.354 e. The molecule has 4 rings (SSSR count). The van der Waals surface area contributed by atoms with Crippen molar-refractivity contribution in [2.75, 3.05) is 11.1 Å². The second-order valence-corrected chi connectivity index (χ2v) is 9.71. The predicted molar refractivity (Wildman–Crippen MR) is 114 cm³/mol. The molecule has 2 aromatic carbocycles. The Morgan fingerprint density at radius 3 is 2.32 bits per heavy atom. The number of nitrogens with zero attached hydrogens (tertiary/aromatic N) is 1. The van der Waals surface area contributed by atoms with Crippen LogP contribution in [0.4, 0.5) is 10.5 Å². The molecule has 6 heteroatoms. The van der Waals surface area contributed by atoms with Crippen LogP contribution >= 0.6 is 0 Å². The monoisotopic (exact) mass is 397 g/mol. The van der Waals surface area contributed by atoms with Crippen molar-refractivity contribution in [2.24, 2.45) is 9.50 Å². The lowest BCUT2D eigenvalue weighted by atomic mass is 9.99. The molecule has 0 saturated heterocycles. The van der Waals surface area contributed by atoms with Gasteiger partial charge in [-0.05, 0) is 79.2 Å². The van der Waals surface area contributed by atoms with Crippen molar-refractivity contribution >= 4 is 21.6 Å². The van der Waals surface area contributed by atoms with Gasteiger partial charge < -0.3 is 5.32 Å². The first-order chi connectivity index (χ1) is 13.5. The van der Waals surface area contributed by atoms with Crippen molar-refractivity contribution < 1.29 is 9.00 Å². The van der Waals surface area contributed by atoms with Gasteiger partial charge in [0.05, 0.1) is 0 Å². The summed E-state index contributed by atoms with van der Waals surface area (Å²) in [5.74, 6) is 0.209. The molecule has 2 amide bonds. The lowest BCUT2D eigenvalue weighted by Gasteiger charge is -2.15. The van der Waals surface area contributed by atoms with E-state index in [4.69, 9.17) is 5.14 Å². The summed E-state index contributed by atoms with van der Waals surface area (Å²) in [6.07, 6.45) is 7.72. The number of benzene rings is 2. The summed E-state index contributed by atoms with van der Waals surface area (Å²) in [5, 5.41) is 8.80. The van der Waals surface area contributed by atoms with E-state index in [1.54, 1.807) is 0 Å². The normalized spacial score (nSPS) is 16.9. The van der Waals surface area contributed by atoms with Gasteiger partial charge in [0.15, 0.2) is 0 Å². The lowest BCUT2D eigenvalue weighted by Crippen LogP contribution is -2.21. The van der Waals surface area contributed by atoms with E-state index in [9.17, 15) is 9.00 Å². The zero-order valence-corrected chi connectivity index (χ0v) is 16.9. The molecule has 2 aliphatic carbocycles. The molecule has 0 saturated carbocycles. The van der Waals surface area contributed by atoms with Crippen LogP contribution in [0.25, 0.3) is 0 Å². The van der Waals surface area contributed by atoms with Crippen LogP contribution in [0.1, 0.15) is 47.1 Å². The molecule has 1 unspecified atom stereocenters. The number of nitrogens with two attached hydrogens (primary N) is 1. The van der Waals surface area contributed by atoms with Gasteiger partial charge in [-0.25, -0.2) is 14.1 Å². The number of fused-ring (bicyclic) bond motifs is 2. The molecule has 3 N–H and O–H groups in total. The number of carbonyl (C=O) groups is 1. The quantitative estimate of drug-likeness (QED) is 0.793. The largest absolute Gasteiger partial charge is 0.354 e. The standard InChI is InChI=1S/C22H27N3O2S/c23-28(27,14-6-9-16-7-2-1-3-8-16)25-22(26)24-21-19-12-4-10-17(19)15-18-11-5-13-20(18)21/h1-3,7-8,15H,4-6,9-14H2,(H3,23,24,25,26,27). The Kier molecular flexibility index (Phi) is 5.51. The summed E-state index contributed by atoms with van der Waals surface area (Å²) in [4.78, 5) is 12.5. The Balaban J connectivity index is 1.46. The fourth-order valence-corrected chi connectivity index (χ4v) is 5.39. The van der Waals surface area contributed by atoms with Gasteiger partial charge in [-0.1, -0.05) is 36.4 Å². The highest BCUT2D eigenvalue weighted by molar-refractivity contribution is 7.91. The van der Waals surface area contributed by atoms with Crippen molar-refractivity contribution in [3.8, 4) is 0 Å². The Hall–Kier alpha value is -2.18. The van der Waals surface area contributed by atoms with Gasteiger partial charge in [-0.2, -0.15) is 0 Å². The van der Waals surface area contributed by atoms with Gasteiger partial charge in [0, 0.05) is 11.4 Å². The molecular formula is C22H27N3O2S. The maximum absolute atomic E-state index is 12.6. The molecule has 5 nitrogen and oxygen atoms in total. The Morgan fingerprint density at radius 2 is 1.68 bits per heavy atom. The fourth-order valence-electron chi connectivity index (χ4n) is 4.41. The van der Waals surface area contributed by atoms with E-state index in [2.05, 4.69) is 15.7 Å². The molecule has 0 heterocycles. The van der Waals surface area contributed by atoms with Gasteiger partial charge in [0.2, 0.25) is 0 Å². The van der Waals surface area contributed by atoms with Gasteiger partial charge in [0.25, 0.3) is 0 Å². The fraction of sp³-hybridized carbons (Fsp3) is 0.409. The van der Waals surface area contributed by atoms with Crippen LogP contribution in [-0.4, -0.2) is 16.0 Å². The van der Waals surface area contributed by atoms with Gasteiger partial charge in [0.1, 0.15) is 9.92 Å². The highest BCUT2D eigenvalue weighted by Gasteiger charge is 2.25. The first-order valence-electron chi connectivity index (χ1n) is 10.1. The zero-order chi connectivity index (χ0) is 19.6. The number of nitrogens with one attached hydrogen (secondary N) is 1. The number of hydrogen-bond acceptors (Lipinski definition) is 2. The number of aryl methyl sites for hydroxylation is 3. The molecule has 0 aliphatic heterocycles. The van der Waals surface area contributed by atoms with E-state index in [0.29, 0.717) is 6.42 Å². The summed E-state index contributed by atoms with van der Waals surface area (Å²) in [7, 11) is -3.04. The summed E-state index contributed by atoms with van der Waals surface area (Å²) in [6, 6.07) is 11.7. The topological polar surface area (TPSA) is 84.6 Å². The average Bonchev–Trinajstić information content (AvgIpc) is 3.31. The van der Waals surface area contributed by atoms with Crippen molar-refractivity contribution in [3.63, 3.8) is 0 Å². The first kappa shape index (κ1) is 19.2. The van der Waals surface area contributed by atoms with E-state index in [1.807, 2.05) is 30.3 Å². The van der Waals surface area contributed by atoms with Gasteiger partial charge in [-0.15, -0.1) is 4.36 Å². The Labute approximate surface area is 167 Å². The summed E-state index contributed by atoms with van der Waals surface area (Å²) in [6.45, 7) is 0. The second kappa shape index (κ2) is 8.05. The van der Waals surface area contributed by atoms with E-state index in [1.165, 1.54) is 22.3 Å². The molecule has 0 fully saturated rings. The van der Waals surface area contributed by atoms with E-state index >= 15 is 0 Å². The first-order valence-corrected chi connectivity index (χ1v) is 11.8. The summed E-state index contributed by atoms with van der Waals surface area (Å²) >= 11 is 0. The minimum Gasteiger partial charge on any atom is -0.305 e. The lowest BCUT2D eigenvalue weighted by molar-refractivity contribution is 0.260. The molecule has 148 valence electrons. The average molecular weight is 398 g/mol. The van der Waals surface area contributed by atoms with E-state index in [0.717, 1.165) is 56.2 Å². The predicted octanol–water partition coefficient (Wildman–Crippen LogP) is 4.17. The molecule has 0 bridgehead atoms. The minimum atomic E-state index is -3.04. The molecule has 28 heavy (non-hydrogen) atoms. The minimum absolute atomic E-state index is 0.209. The summed E-state index contributed by atoms with van der Waals surface area (Å²) in [5.41, 5.74) is 7.22. The van der Waals surface area contributed by atoms with Crippen LogP contribution in [0.3, 0.4) is 0 Å². The van der Waals surface area contributed by atoms with Crippen molar-refractivity contribution in [1.82, 2.24) is 0 Å². The second-order valence-electron chi connectivity index (χ2n) is 7.74. The smallest absolute Gasteiger partial charge is 0.305 e. The molecule has 1 atom stereocenters. The summed E-state index contributed by atoms with van der Waals surface area (Å²) < 4.78 is 16.4. The van der Waals surface area contributed by atoms with Crippen molar-refractivity contribution in [2.45, 2.75) is 51.4 Å². The van der Waals surface area contributed by atoms with Crippen LogP contribution in [0.2, 0.25) is 0 Å².